The Labute approximate surface area is 146 Å². The second kappa shape index (κ2) is 6.58. The molecule has 0 amide bonds. The number of alkyl halides is 9. The SMILES string of the molecule is O=C(c1ccccc1)c1ccccc1C(F)(F)C(F)(F)C(F)(F)C(F)(F)F. The van der Waals surface area contributed by atoms with Crippen LogP contribution in [0, 0.1) is 0 Å². The number of halogens is 9. The Morgan fingerprint density at radius 3 is 1.63 bits per heavy atom. The van der Waals surface area contributed by atoms with Gasteiger partial charge in [-0.2, -0.15) is 39.5 Å². The van der Waals surface area contributed by atoms with Gasteiger partial charge >= 0.3 is 23.9 Å². The van der Waals surface area contributed by atoms with Gasteiger partial charge in [-0.05, 0) is 0 Å². The van der Waals surface area contributed by atoms with Crippen LogP contribution in [-0.4, -0.2) is 23.8 Å². The fourth-order valence-electron chi connectivity index (χ4n) is 2.24. The number of benzene rings is 2. The predicted molar refractivity (Wildman–Crippen MR) is 76.2 cm³/mol. The van der Waals surface area contributed by atoms with Crippen LogP contribution in [0.4, 0.5) is 39.5 Å². The van der Waals surface area contributed by atoms with Crippen molar-refractivity contribution in [3.63, 3.8) is 0 Å². The summed E-state index contributed by atoms with van der Waals surface area (Å²) in [7, 11) is 0. The van der Waals surface area contributed by atoms with Crippen LogP contribution < -0.4 is 0 Å². The molecular weight excluding hydrogens is 391 g/mol. The molecule has 0 aromatic heterocycles. The number of hydrogen-bond acceptors (Lipinski definition) is 1. The Morgan fingerprint density at radius 2 is 1.11 bits per heavy atom. The summed E-state index contributed by atoms with van der Waals surface area (Å²) in [6.45, 7) is 0. The second-order valence-electron chi connectivity index (χ2n) is 5.46. The van der Waals surface area contributed by atoms with Crippen molar-refractivity contribution in [1.29, 1.82) is 0 Å². The molecule has 0 fully saturated rings. The second-order valence-corrected chi connectivity index (χ2v) is 5.46. The summed E-state index contributed by atoms with van der Waals surface area (Å²) < 4.78 is 119. The number of carbonyl (C=O) groups excluding carboxylic acids is 1. The summed E-state index contributed by atoms with van der Waals surface area (Å²) >= 11 is 0. The van der Waals surface area contributed by atoms with Crippen LogP contribution in [0.5, 0.6) is 0 Å². The lowest BCUT2D eigenvalue weighted by molar-refractivity contribution is -0.399. The van der Waals surface area contributed by atoms with E-state index in [-0.39, 0.29) is 11.6 Å². The first-order chi connectivity index (χ1) is 12.2. The highest BCUT2D eigenvalue weighted by Gasteiger charge is 2.82. The van der Waals surface area contributed by atoms with Gasteiger partial charge in [-0.25, -0.2) is 0 Å². The van der Waals surface area contributed by atoms with Crippen LogP contribution in [0.3, 0.4) is 0 Å². The molecule has 0 aliphatic rings. The van der Waals surface area contributed by atoms with E-state index >= 15 is 0 Å². The Bertz CT molecular complexity index is 826. The Hall–Kier alpha value is -2.52. The maximum Gasteiger partial charge on any atom is 0.460 e. The van der Waals surface area contributed by atoms with E-state index in [0.717, 1.165) is 18.2 Å². The molecule has 2 aromatic rings. The summed E-state index contributed by atoms with van der Waals surface area (Å²) in [6, 6.07) is 8.91. The van der Waals surface area contributed by atoms with Crippen LogP contribution in [0.15, 0.2) is 54.6 Å². The number of rotatable bonds is 5. The molecule has 0 saturated carbocycles. The third kappa shape index (κ3) is 3.28. The molecule has 146 valence electrons. The molecule has 0 N–H and O–H groups in total. The third-order valence-electron chi connectivity index (χ3n) is 3.69. The summed E-state index contributed by atoms with van der Waals surface area (Å²) in [5.41, 5.74) is -3.30. The minimum Gasteiger partial charge on any atom is -0.289 e. The van der Waals surface area contributed by atoms with E-state index in [2.05, 4.69) is 0 Å². The van der Waals surface area contributed by atoms with Gasteiger partial charge in [0.2, 0.25) is 0 Å². The van der Waals surface area contributed by atoms with Crippen LogP contribution in [0.25, 0.3) is 0 Å². The zero-order valence-electron chi connectivity index (χ0n) is 13.0. The quantitative estimate of drug-likeness (QED) is 0.455. The van der Waals surface area contributed by atoms with E-state index in [1.54, 1.807) is 0 Å². The maximum atomic E-state index is 14.2. The molecule has 2 aromatic carbocycles. The molecule has 0 bridgehead atoms. The van der Waals surface area contributed by atoms with Crippen molar-refractivity contribution in [3.8, 4) is 0 Å². The Morgan fingerprint density at radius 1 is 0.630 bits per heavy atom. The highest BCUT2D eigenvalue weighted by molar-refractivity contribution is 6.10. The van der Waals surface area contributed by atoms with Crippen molar-refractivity contribution in [3.05, 3.63) is 71.3 Å². The standard InChI is InChI=1S/C17H9F9O/c18-14(19,15(20,21)16(22,23)17(24,25)26)12-9-5-4-8-11(12)13(27)10-6-2-1-3-7-10/h1-9H. The van der Waals surface area contributed by atoms with Gasteiger partial charge in [0, 0.05) is 16.7 Å². The highest BCUT2D eigenvalue weighted by atomic mass is 19.4. The lowest BCUT2D eigenvalue weighted by Gasteiger charge is -2.34. The fraction of sp³-hybridized carbons (Fsp3) is 0.235. The third-order valence-corrected chi connectivity index (χ3v) is 3.69. The summed E-state index contributed by atoms with van der Waals surface area (Å²) in [6.07, 6.45) is -6.93. The lowest BCUT2D eigenvalue weighted by atomic mass is 9.90. The van der Waals surface area contributed by atoms with Crippen LogP contribution >= 0.6 is 0 Å². The van der Waals surface area contributed by atoms with E-state index < -0.39 is 40.9 Å². The van der Waals surface area contributed by atoms with Crippen molar-refractivity contribution < 1.29 is 44.3 Å². The molecule has 0 radical (unpaired) electrons. The van der Waals surface area contributed by atoms with Crippen molar-refractivity contribution in [2.24, 2.45) is 0 Å². The molecule has 0 spiro atoms. The minimum absolute atomic E-state index is 0.205. The van der Waals surface area contributed by atoms with Crippen molar-refractivity contribution in [1.82, 2.24) is 0 Å². The van der Waals surface area contributed by atoms with E-state index in [0.29, 0.717) is 12.1 Å². The van der Waals surface area contributed by atoms with Crippen LogP contribution in [0.1, 0.15) is 21.5 Å². The average Bonchev–Trinajstić information content (AvgIpc) is 2.60. The van der Waals surface area contributed by atoms with E-state index in [4.69, 9.17) is 0 Å². The maximum absolute atomic E-state index is 14.2. The monoisotopic (exact) mass is 400 g/mol. The van der Waals surface area contributed by atoms with Crippen molar-refractivity contribution in [2.45, 2.75) is 23.9 Å². The molecule has 27 heavy (non-hydrogen) atoms. The summed E-state index contributed by atoms with van der Waals surface area (Å²) in [5.74, 6) is -21.1. The molecule has 0 aliphatic heterocycles. The van der Waals surface area contributed by atoms with Gasteiger partial charge in [0.05, 0.1) is 0 Å². The minimum atomic E-state index is -7.04. The molecule has 0 unspecified atom stereocenters. The molecule has 0 atom stereocenters. The topological polar surface area (TPSA) is 17.1 Å². The van der Waals surface area contributed by atoms with Gasteiger partial charge in [0.25, 0.3) is 0 Å². The molecule has 0 heterocycles. The first-order valence-electron chi connectivity index (χ1n) is 7.14. The highest BCUT2D eigenvalue weighted by Crippen LogP contribution is 2.57. The molecular formula is C17H9F9O. The van der Waals surface area contributed by atoms with Gasteiger partial charge < -0.3 is 0 Å². The fourth-order valence-corrected chi connectivity index (χ4v) is 2.24. The van der Waals surface area contributed by atoms with E-state index in [9.17, 15) is 44.3 Å². The van der Waals surface area contributed by atoms with Gasteiger partial charge in [-0.3, -0.25) is 4.79 Å². The summed E-state index contributed by atoms with van der Waals surface area (Å²) in [5, 5.41) is 0. The first kappa shape index (κ1) is 20.8. The van der Waals surface area contributed by atoms with E-state index in [1.165, 1.54) is 18.2 Å². The van der Waals surface area contributed by atoms with Gasteiger partial charge in [0.1, 0.15) is 0 Å². The van der Waals surface area contributed by atoms with E-state index in [1.807, 2.05) is 0 Å². The van der Waals surface area contributed by atoms with Crippen LogP contribution in [-0.2, 0) is 5.92 Å². The Kier molecular flexibility index (Phi) is 5.06. The van der Waals surface area contributed by atoms with Crippen LogP contribution in [0.2, 0.25) is 0 Å². The molecule has 1 nitrogen and oxygen atoms in total. The van der Waals surface area contributed by atoms with Crippen molar-refractivity contribution >= 4 is 5.78 Å². The zero-order valence-corrected chi connectivity index (χ0v) is 13.0. The van der Waals surface area contributed by atoms with Gasteiger partial charge in [-0.15, -0.1) is 0 Å². The molecule has 2 rings (SSSR count). The zero-order chi connectivity index (χ0) is 20.7. The van der Waals surface area contributed by atoms with Gasteiger partial charge in [-0.1, -0.05) is 54.6 Å². The number of hydrogen-bond donors (Lipinski definition) is 0. The largest absolute Gasteiger partial charge is 0.460 e. The lowest BCUT2D eigenvalue weighted by Crippen LogP contribution is -2.59. The van der Waals surface area contributed by atoms with Gasteiger partial charge in [0.15, 0.2) is 5.78 Å². The van der Waals surface area contributed by atoms with Crippen molar-refractivity contribution in [2.75, 3.05) is 0 Å². The number of carbonyl (C=O) groups is 1. The Balaban J connectivity index is 2.63. The molecule has 10 heteroatoms. The number of ketones is 1. The molecule has 0 saturated heterocycles. The first-order valence-corrected chi connectivity index (χ1v) is 7.14. The molecule has 0 aliphatic carbocycles. The average molecular weight is 400 g/mol. The normalized spacial score (nSPS) is 13.5. The smallest absolute Gasteiger partial charge is 0.289 e. The summed E-state index contributed by atoms with van der Waals surface area (Å²) in [4.78, 5) is 12.3. The predicted octanol–water partition coefficient (Wildman–Crippen LogP) is 5.84.